The lowest BCUT2D eigenvalue weighted by Gasteiger charge is -2.18. The van der Waals surface area contributed by atoms with E-state index in [4.69, 9.17) is 0 Å². The van der Waals surface area contributed by atoms with Gasteiger partial charge in [0.1, 0.15) is 22.2 Å². The molecule has 8 heteroatoms. The Kier molecular flexibility index (Phi) is 6.13. The number of carbonyl (C=O) groups is 2. The number of rotatable bonds is 6. The number of aromatic nitrogens is 2. The molecule has 140 valence electrons. The van der Waals surface area contributed by atoms with E-state index in [9.17, 15) is 9.59 Å². The molecule has 3 rings (SSSR count). The van der Waals surface area contributed by atoms with Crippen LogP contribution in [0, 0.1) is 5.92 Å². The Morgan fingerprint density at radius 1 is 1.42 bits per heavy atom. The number of nitrogens with zero attached hydrogens (tertiary/aromatic N) is 2. The highest BCUT2D eigenvalue weighted by Crippen LogP contribution is 2.40. The molecule has 26 heavy (non-hydrogen) atoms. The van der Waals surface area contributed by atoms with Crippen molar-refractivity contribution in [2.75, 3.05) is 12.3 Å². The third-order valence-corrected chi connectivity index (χ3v) is 6.67. The molecule has 0 saturated carbocycles. The van der Waals surface area contributed by atoms with Crippen LogP contribution < -0.4 is 10.6 Å². The summed E-state index contributed by atoms with van der Waals surface area (Å²) in [5.74, 6) is 0.604. The number of carbonyl (C=O) groups excluding carboxylic acids is 2. The lowest BCUT2D eigenvalue weighted by molar-refractivity contribution is -0.127. The molecular weight excluding hydrogens is 368 g/mol. The Hall–Kier alpha value is -1.67. The molecule has 0 bridgehead atoms. The highest BCUT2D eigenvalue weighted by molar-refractivity contribution is 8.00. The number of thiophene rings is 1. The smallest absolute Gasteiger partial charge is 0.242 e. The second-order valence-electron chi connectivity index (χ2n) is 6.68. The lowest BCUT2D eigenvalue weighted by atomic mass is 9.89. The van der Waals surface area contributed by atoms with Crippen LogP contribution in [0.1, 0.15) is 37.6 Å². The average molecular weight is 393 g/mol. The average Bonchev–Trinajstić information content (AvgIpc) is 2.97. The first-order chi connectivity index (χ1) is 12.5. The van der Waals surface area contributed by atoms with Gasteiger partial charge in [-0.25, -0.2) is 9.97 Å². The minimum Gasteiger partial charge on any atom is -0.355 e. The first-order valence-electron chi connectivity index (χ1n) is 8.94. The topological polar surface area (TPSA) is 84.0 Å². The quantitative estimate of drug-likeness (QED) is 0.583. The predicted molar refractivity (Wildman–Crippen MR) is 106 cm³/mol. The number of fused-ring (bicyclic) bond motifs is 3. The van der Waals surface area contributed by atoms with Crippen LogP contribution in [0.25, 0.3) is 10.2 Å². The fraction of sp³-hybridized carbons (Fsp3) is 0.556. The zero-order chi connectivity index (χ0) is 18.7. The molecule has 2 heterocycles. The van der Waals surface area contributed by atoms with Gasteiger partial charge in [0.2, 0.25) is 11.8 Å². The van der Waals surface area contributed by atoms with Gasteiger partial charge in [-0.2, -0.15) is 0 Å². The lowest BCUT2D eigenvalue weighted by Crippen LogP contribution is -2.45. The molecule has 0 saturated heterocycles. The maximum absolute atomic E-state index is 12.2. The number of likely N-dealkylation sites (N-methyl/N-ethyl adjacent to an activating group) is 1. The molecule has 2 amide bonds. The molecule has 2 aromatic heterocycles. The van der Waals surface area contributed by atoms with Gasteiger partial charge in [-0.3, -0.25) is 9.59 Å². The predicted octanol–water partition coefficient (Wildman–Crippen LogP) is 2.55. The summed E-state index contributed by atoms with van der Waals surface area (Å²) in [6.07, 6.45) is 4.91. The van der Waals surface area contributed by atoms with Gasteiger partial charge in [0, 0.05) is 16.8 Å². The van der Waals surface area contributed by atoms with Crippen molar-refractivity contribution < 1.29 is 9.59 Å². The molecule has 2 atom stereocenters. The van der Waals surface area contributed by atoms with Gasteiger partial charge in [0.15, 0.2) is 0 Å². The Balaban J connectivity index is 1.69. The Morgan fingerprint density at radius 3 is 3.00 bits per heavy atom. The van der Waals surface area contributed by atoms with Crippen molar-refractivity contribution in [1.82, 2.24) is 20.6 Å². The molecule has 2 N–H and O–H groups in total. The SMILES string of the molecule is CCNC(=O)[C@H](C)NC(=O)CSc1ncnc2sc3c(c12)CC[C@@H](C)C3. The molecule has 0 aliphatic heterocycles. The van der Waals surface area contributed by atoms with Gasteiger partial charge in [-0.1, -0.05) is 18.7 Å². The number of amides is 2. The first kappa shape index (κ1) is 19.1. The maximum atomic E-state index is 12.2. The van der Waals surface area contributed by atoms with Crippen molar-refractivity contribution in [2.24, 2.45) is 5.92 Å². The van der Waals surface area contributed by atoms with Crippen molar-refractivity contribution in [3.63, 3.8) is 0 Å². The summed E-state index contributed by atoms with van der Waals surface area (Å²) in [4.78, 5) is 35.2. The van der Waals surface area contributed by atoms with E-state index in [1.54, 1.807) is 24.6 Å². The third-order valence-electron chi connectivity index (χ3n) is 4.52. The van der Waals surface area contributed by atoms with Crippen LogP contribution in [0.4, 0.5) is 0 Å². The van der Waals surface area contributed by atoms with E-state index in [0.717, 1.165) is 28.1 Å². The molecule has 0 radical (unpaired) electrons. The number of hydrogen-bond acceptors (Lipinski definition) is 6. The third kappa shape index (κ3) is 4.17. The molecule has 1 aliphatic rings. The van der Waals surface area contributed by atoms with E-state index in [1.807, 2.05) is 6.92 Å². The van der Waals surface area contributed by atoms with Crippen LogP contribution in [0.3, 0.4) is 0 Å². The van der Waals surface area contributed by atoms with Crippen molar-refractivity contribution in [3.05, 3.63) is 16.8 Å². The van der Waals surface area contributed by atoms with E-state index < -0.39 is 6.04 Å². The zero-order valence-electron chi connectivity index (χ0n) is 15.3. The molecule has 0 unspecified atom stereocenters. The van der Waals surface area contributed by atoms with Crippen LogP contribution in [-0.4, -0.2) is 40.1 Å². The van der Waals surface area contributed by atoms with Gasteiger partial charge in [0.25, 0.3) is 0 Å². The van der Waals surface area contributed by atoms with E-state index in [2.05, 4.69) is 27.5 Å². The number of thioether (sulfide) groups is 1. The van der Waals surface area contributed by atoms with Crippen molar-refractivity contribution >= 4 is 45.1 Å². The van der Waals surface area contributed by atoms with Crippen molar-refractivity contribution in [2.45, 2.75) is 51.1 Å². The van der Waals surface area contributed by atoms with Gasteiger partial charge in [0.05, 0.1) is 5.75 Å². The minimum atomic E-state index is -0.538. The second kappa shape index (κ2) is 8.35. The number of hydrogen-bond donors (Lipinski definition) is 2. The summed E-state index contributed by atoms with van der Waals surface area (Å²) in [5, 5.41) is 7.42. The van der Waals surface area contributed by atoms with Gasteiger partial charge in [-0.05, 0) is 44.6 Å². The largest absolute Gasteiger partial charge is 0.355 e. The standard InChI is InChI=1S/C18H24N4O2S2/c1-4-19-16(24)11(3)22-14(23)8-25-17-15-12-6-5-10(2)7-13(12)26-18(15)21-9-20-17/h9-11H,4-8H2,1-3H3,(H,19,24)(H,22,23)/t10-,11+/m1/s1. The van der Waals surface area contributed by atoms with Gasteiger partial charge in [-0.15, -0.1) is 11.3 Å². The summed E-state index contributed by atoms with van der Waals surface area (Å²) in [7, 11) is 0. The Morgan fingerprint density at radius 2 is 2.23 bits per heavy atom. The fourth-order valence-corrected chi connectivity index (χ4v) is 5.42. The number of aryl methyl sites for hydroxylation is 1. The van der Waals surface area contributed by atoms with Crippen molar-refractivity contribution in [3.8, 4) is 0 Å². The summed E-state index contributed by atoms with van der Waals surface area (Å²) >= 11 is 3.17. The molecule has 1 aliphatic carbocycles. The zero-order valence-corrected chi connectivity index (χ0v) is 16.9. The molecule has 0 fully saturated rings. The summed E-state index contributed by atoms with van der Waals surface area (Å²) in [5.41, 5.74) is 1.36. The van der Waals surface area contributed by atoms with E-state index >= 15 is 0 Å². The van der Waals surface area contributed by atoms with E-state index in [-0.39, 0.29) is 17.6 Å². The fourth-order valence-electron chi connectivity index (χ4n) is 3.17. The molecule has 0 aromatic carbocycles. The molecule has 0 spiro atoms. The Bertz CT molecular complexity index is 821. The minimum absolute atomic E-state index is 0.168. The highest BCUT2D eigenvalue weighted by Gasteiger charge is 2.23. The highest BCUT2D eigenvalue weighted by atomic mass is 32.2. The maximum Gasteiger partial charge on any atom is 0.242 e. The van der Waals surface area contributed by atoms with Crippen LogP contribution in [-0.2, 0) is 22.4 Å². The first-order valence-corrected chi connectivity index (χ1v) is 10.7. The summed E-state index contributed by atoms with van der Waals surface area (Å²) in [6.45, 7) is 6.38. The summed E-state index contributed by atoms with van der Waals surface area (Å²) < 4.78 is 0. The van der Waals surface area contributed by atoms with Crippen molar-refractivity contribution in [1.29, 1.82) is 0 Å². The van der Waals surface area contributed by atoms with E-state index in [1.165, 1.54) is 28.6 Å². The molecule has 2 aromatic rings. The molecular formula is C18H24N4O2S2. The van der Waals surface area contributed by atoms with E-state index in [0.29, 0.717) is 12.5 Å². The number of nitrogens with one attached hydrogen (secondary N) is 2. The Labute approximate surface area is 161 Å². The normalized spacial score (nSPS) is 17.6. The van der Waals surface area contributed by atoms with Crippen LogP contribution in [0.15, 0.2) is 11.4 Å². The van der Waals surface area contributed by atoms with Crippen LogP contribution >= 0.6 is 23.1 Å². The summed E-state index contributed by atoms with van der Waals surface area (Å²) in [6, 6.07) is -0.538. The van der Waals surface area contributed by atoms with Gasteiger partial charge < -0.3 is 10.6 Å². The van der Waals surface area contributed by atoms with Crippen LogP contribution in [0.5, 0.6) is 0 Å². The second-order valence-corrected chi connectivity index (χ2v) is 8.73. The van der Waals surface area contributed by atoms with Crippen LogP contribution in [0.2, 0.25) is 0 Å². The molecule has 6 nitrogen and oxygen atoms in total. The van der Waals surface area contributed by atoms with Gasteiger partial charge >= 0.3 is 0 Å². The monoisotopic (exact) mass is 392 g/mol.